The predicted octanol–water partition coefficient (Wildman–Crippen LogP) is 11.8. The average molecular weight is 812 g/mol. The van der Waals surface area contributed by atoms with Crippen molar-refractivity contribution in [3.8, 4) is 11.5 Å². The molecule has 4 heterocycles. The van der Waals surface area contributed by atoms with Crippen LogP contribution in [0.3, 0.4) is 0 Å². The third-order valence-corrected chi connectivity index (χ3v) is 12.4. The zero-order valence-electron chi connectivity index (χ0n) is 30.6. The predicted molar refractivity (Wildman–Crippen MR) is 221 cm³/mol. The summed E-state index contributed by atoms with van der Waals surface area (Å²) < 4.78 is 29.4. The standard InChI is InChI=1S/C47H34Cl2F2N4O3/c48-35-21-27(13-19-41(35)56)39-23-33-31-5-1-3-7-37(31)52-43(33)45(25-9-15-29(50)16-10-25)54(39)47(58)55-40(28-14-20-42(57)36(49)22-28)24-34-32-6-2-4-8-38(32)53-44(34)46(55)26-11-17-30(51)18-12-26/h1-22,39-40,45-46,52-53,56-57H,23-24H2. The number of amides is 2. The Morgan fingerprint density at radius 3 is 1.33 bits per heavy atom. The molecule has 2 aromatic heterocycles. The number of fused-ring (bicyclic) bond motifs is 6. The Labute approximate surface area is 341 Å². The molecule has 10 rings (SSSR count). The van der Waals surface area contributed by atoms with Gasteiger partial charge in [-0.2, -0.15) is 0 Å². The van der Waals surface area contributed by atoms with E-state index in [2.05, 4.69) is 9.97 Å². The van der Waals surface area contributed by atoms with Crippen molar-refractivity contribution in [2.24, 2.45) is 0 Å². The van der Waals surface area contributed by atoms with Crippen molar-refractivity contribution in [3.05, 3.63) is 200 Å². The minimum atomic E-state index is -0.760. The Kier molecular flexibility index (Phi) is 8.69. The van der Waals surface area contributed by atoms with Gasteiger partial charge in [-0.25, -0.2) is 13.6 Å². The number of phenolic OH excluding ortho intramolecular Hbond substituents is 2. The van der Waals surface area contributed by atoms with Crippen molar-refractivity contribution >= 4 is 51.0 Å². The van der Waals surface area contributed by atoms with E-state index in [0.29, 0.717) is 35.1 Å². The van der Waals surface area contributed by atoms with Crippen molar-refractivity contribution in [1.82, 2.24) is 19.8 Å². The minimum absolute atomic E-state index is 0.0926. The van der Waals surface area contributed by atoms with Crippen LogP contribution < -0.4 is 0 Å². The Morgan fingerprint density at radius 2 is 0.931 bits per heavy atom. The fourth-order valence-electron chi connectivity index (χ4n) is 9.15. The SMILES string of the molecule is O=C(N1C(c2ccc(O)c(Cl)c2)Cc2c([nH]c3ccccc23)C1c1ccc(F)cc1)N1C(c2ccc(O)c(Cl)c2)Cc2c([nH]c3ccccc23)C1c1ccc(F)cc1. The highest BCUT2D eigenvalue weighted by Crippen LogP contribution is 2.52. The number of aromatic hydroxyl groups is 2. The molecule has 0 saturated carbocycles. The summed E-state index contributed by atoms with van der Waals surface area (Å²) in [6, 6.07) is 35.0. The van der Waals surface area contributed by atoms with E-state index in [1.807, 2.05) is 58.3 Å². The van der Waals surface area contributed by atoms with Crippen molar-refractivity contribution in [2.45, 2.75) is 37.0 Å². The van der Waals surface area contributed by atoms with Gasteiger partial charge in [0.15, 0.2) is 0 Å². The van der Waals surface area contributed by atoms with Crippen LogP contribution in [0.4, 0.5) is 13.6 Å². The monoisotopic (exact) mass is 810 g/mol. The van der Waals surface area contributed by atoms with Gasteiger partial charge in [0.2, 0.25) is 0 Å². The molecular formula is C47H34Cl2F2N4O3. The normalized spacial score (nSPS) is 19.0. The lowest BCUT2D eigenvalue weighted by molar-refractivity contribution is 0.0761. The first-order chi connectivity index (χ1) is 28.1. The molecule has 7 nitrogen and oxygen atoms in total. The van der Waals surface area contributed by atoms with Gasteiger partial charge in [-0.15, -0.1) is 0 Å². The summed E-state index contributed by atoms with van der Waals surface area (Å²) in [5.41, 5.74) is 8.05. The summed E-state index contributed by atoms with van der Waals surface area (Å²) in [5, 5.41) is 23.4. The number of nitrogens with one attached hydrogen (secondary N) is 2. The molecule has 4 unspecified atom stereocenters. The second-order valence-corrected chi connectivity index (χ2v) is 15.8. The first kappa shape index (κ1) is 36.1. The zero-order valence-corrected chi connectivity index (χ0v) is 32.1. The highest BCUT2D eigenvalue weighted by molar-refractivity contribution is 6.32. The smallest absolute Gasteiger partial charge is 0.322 e. The molecule has 0 spiro atoms. The molecule has 0 saturated heterocycles. The van der Waals surface area contributed by atoms with Gasteiger partial charge >= 0.3 is 6.03 Å². The van der Waals surface area contributed by atoms with Crippen LogP contribution in [0.2, 0.25) is 10.0 Å². The van der Waals surface area contributed by atoms with Crippen LogP contribution in [0.5, 0.6) is 11.5 Å². The third-order valence-electron chi connectivity index (χ3n) is 11.8. The first-order valence-corrected chi connectivity index (χ1v) is 19.7. The number of benzene rings is 6. The van der Waals surface area contributed by atoms with Gasteiger partial charge in [-0.3, -0.25) is 0 Å². The van der Waals surface area contributed by atoms with Gasteiger partial charge in [0, 0.05) is 33.2 Å². The number of phenols is 2. The highest BCUT2D eigenvalue weighted by Gasteiger charge is 2.48. The average Bonchev–Trinajstić information content (AvgIpc) is 3.80. The van der Waals surface area contributed by atoms with Gasteiger partial charge < -0.3 is 30.0 Å². The molecule has 4 N–H and O–H groups in total. The Morgan fingerprint density at radius 1 is 0.552 bits per heavy atom. The number of carbonyl (C=O) groups excluding carboxylic acids is 1. The van der Waals surface area contributed by atoms with Crippen LogP contribution in [0.25, 0.3) is 21.8 Å². The van der Waals surface area contributed by atoms with E-state index in [1.165, 1.54) is 36.4 Å². The molecule has 0 bridgehead atoms. The summed E-state index contributed by atoms with van der Waals surface area (Å²) in [6.45, 7) is 0. The Balaban J connectivity index is 1.26. The lowest BCUT2D eigenvalue weighted by Gasteiger charge is -2.49. The highest BCUT2D eigenvalue weighted by atomic mass is 35.5. The van der Waals surface area contributed by atoms with Crippen LogP contribution in [0.1, 0.15) is 68.9 Å². The minimum Gasteiger partial charge on any atom is -0.506 e. The lowest BCUT2D eigenvalue weighted by Crippen LogP contribution is -2.53. The van der Waals surface area contributed by atoms with Crippen molar-refractivity contribution in [3.63, 3.8) is 0 Å². The van der Waals surface area contributed by atoms with E-state index in [-0.39, 0.29) is 27.6 Å². The van der Waals surface area contributed by atoms with Gasteiger partial charge in [-0.05, 0) is 107 Å². The molecule has 11 heteroatoms. The lowest BCUT2D eigenvalue weighted by atomic mass is 9.83. The molecule has 2 amide bonds. The van der Waals surface area contributed by atoms with Crippen molar-refractivity contribution in [2.75, 3.05) is 0 Å². The number of para-hydroxylation sites is 2. The molecular weight excluding hydrogens is 777 g/mol. The third kappa shape index (κ3) is 5.87. The van der Waals surface area contributed by atoms with E-state index in [0.717, 1.165) is 44.3 Å². The van der Waals surface area contributed by atoms with Crippen LogP contribution in [-0.2, 0) is 12.8 Å². The van der Waals surface area contributed by atoms with E-state index in [4.69, 9.17) is 23.2 Å². The van der Waals surface area contributed by atoms with Crippen molar-refractivity contribution < 1.29 is 23.8 Å². The van der Waals surface area contributed by atoms with Crippen LogP contribution in [0.15, 0.2) is 133 Å². The maximum atomic E-state index is 16.5. The maximum absolute atomic E-state index is 16.5. The first-order valence-electron chi connectivity index (χ1n) is 18.9. The summed E-state index contributed by atoms with van der Waals surface area (Å²) in [5.74, 6) is -1.02. The Hall–Kier alpha value is -6.29. The van der Waals surface area contributed by atoms with Crippen molar-refractivity contribution in [1.29, 1.82) is 0 Å². The topological polar surface area (TPSA) is 95.6 Å². The zero-order chi connectivity index (χ0) is 39.8. The van der Waals surface area contributed by atoms with Gasteiger partial charge in [-0.1, -0.05) is 96.0 Å². The summed E-state index contributed by atoms with van der Waals surface area (Å²) >= 11 is 13.2. The summed E-state index contributed by atoms with van der Waals surface area (Å²) in [6.07, 6.45) is 0.762. The fourth-order valence-corrected chi connectivity index (χ4v) is 9.53. The molecule has 2 aliphatic heterocycles. The van der Waals surface area contributed by atoms with E-state index < -0.39 is 35.8 Å². The largest absolute Gasteiger partial charge is 0.506 e. The molecule has 0 aliphatic carbocycles. The number of aromatic amines is 2. The molecule has 4 atom stereocenters. The van der Waals surface area contributed by atoms with E-state index >= 15 is 4.79 Å². The molecule has 2 aliphatic rings. The molecule has 288 valence electrons. The van der Waals surface area contributed by atoms with E-state index in [9.17, 15) is 19.0 Å². The second kappa shape index (κ2) is 14.0. The fraction of sp³-hybridized carbons (Fsp3) is 0.128. The summed E-state index contributed by atoms with van der Waals surface area (Å²) in [4.78, 5) is 27.4. The quantitative estimate of drug-likeness (QED) is 0.143. The van der Waals surface area contributed by atoms with Crippen LogP contribution in [0, 0.1) is 11.6 Å². The summed E-state index contributed by atoms with van der Waals surface area (Å²) in [7, 11) is 0. The number of urea groups is 1. The molecule has 8 aromatic rings. The molecule has 0 radical (unpaired) electrons. The van der Waals surface area contributed by atoms with Crippen LogP contribution in [-0.4, -0.2) is 36.0 Å². The second-order valence-electron chi connectivity index (χ2n) is 15.0. The maximum Gasteiger partial charge on any atom is 0.322 e. The van der Waals surface area contributed by atoms with Gasteiger partial charge in [0.05, 0.1) is 34.2 Å². The van der Waals surface area contributed by atoms with Crippen LogP contribution >= 0.6 is 23.2 Å². The number of rotatable bonds is 4. The number of nitrogens with zero attached hydrogens (tertiary/aromatic N) is 2. The molecule has 6 aromatic carbocycles. The Bertz CT molecular complexity index is 2700. The van der Waals surface area contributed by atoms with Gasteiger partial charge in [0.1, 0.15) is 23.1 Å². The number of hydrogen-bond acceptors (Lipinski definition) is 3. The number of carbonyl (C=O) groups is 1. The number of hydrogen-bond donors (Lipinski definition) is 4. The number of H-pyrrole nitrogens is 2. The number of halogens is 4. The van der Waals surface area contributed by atoms with Gasteiger partial charge in [0.25, 0.3) is 0 Å². The number of aromatic nitrogens is 2. The van der Waals surface area contributed by atoms with E-state index in [1.54, 1.807) is 48.5 Å². The molecule has 58 heavy (non-hydrogen) atoms. The molecule has 0 fully saturated rings.